The lowest BCUT2D eigenvalue weighted by Crippen LogP contribution is -2.48. The number of urea groups is 1. The minimum absolute atomic E-state index is 0.0623. The molecule has 1 aromatic heterocycles. The van der Waals surface area contributed by atoms with Gasteiger partial charge in [0.1, 0.15) is 5.56 Å². The van der Waals surface area contributed by atoms with Crippen molar-refractivity contribution in [2.75, 3.05) is 0 Å². The minimum Gasteiger partial charge on any atom is -0.449 e. The summed E-state index contributed by atoms with van der Waals surface area (Å²) < 4.78 is 4.92. The van der Waals surface area contributed by atoms with Crippen LogP contribution in [0, 0.1) is 0 Å². The molecule has 0 aromatic carbocycles. The van der Waals surface area contributed by atoms with Crippen molar-refractivity contribution in [3.8, 4) is 0 Å². The van der Waals surface area contributed by atoms with Crippen LogP contribution in [0.4, 0.5) is 4.79 Å². The van der Waals surface area contributed by atoms with Gasteiger partial charge in [0.25, 0.3) is 11.5 Å². The van der Waals surface area contributed by atoms with Crippen LogP contribution in [0.1, 0.15) is 49.4 Å². The molecule has 1 atom stereocenters. The van der Waals surface area contributed by atoms with Crippen LogP contribution >= 0.6 is 0 Å². The largest absolute Gasteiger partial charge is 0.449 e. The molecule has 3 amide bonds. The molecule has 1 aliphatic rings. The molecule has 0 spiro atoms. The first-order chi connectivity index (χ1) is 11.5. The lowest BCUT2D eigenvalue weighted by atomic mass is 9.96. The SMILES string of the molecule is C[C@@H](OC(=O)c1ccc[nH]c1=O)C(=O)NC(=O)NC1CCCCC1. The van der Waals surface area contributed by atoms with Crippen LogP contribution in [0.5, 0.6) is 0 Å². The van der Waals surface area contributed by atoms with E-state index in [-0.39, 0.29) is 11.6 Å². The first-order valence-corrected chi connectivity index (χ1v) is 7.97. The molecule has 0 aliphatic heterocycles. The van der Waals surface area contributed by atoms with E-state index >= 15 is 0 Å². The number of carbonyl (C=O) groups excluding carboxylic acids is 3. The highest BCUT2D eigenvalue weighted by molar-refractivity contribution is 5.98. The summed E-state index contributed by atoms with van der Waals surface area (Å²) in [4.78, 5) is 49.4. The topological polar surface area (TPSA) is 117 Å². The molecule has 0 bridgehead atoms. The van der Waals surface area contributed by atoms with Crippen LogP contribution in [-0.2, 0) is 9.53 Å². The third-order valence-corrected chi connectivity index (χ3v) is 3.87. The second kappa shape index (κ2) is 8.28. The maximum Gasteiger partial charge on any atom is 0.344 e. The Morgan fingerprint density at radius 1 is 1.25 bits per heavy atom. The molecule has 2 rings (SSSR count). The third-order valence-electron chi connectivity index (χ3n) is 3.87. The van der Waals surface area contributed by atoms with E-state index in [1.165, 1.54) is 25.3 Å². The molecule has 1 fully saturated rings. The van der Waals surface area contributed by atoms with E-state index < -0.39 is 29.6 Å². The summed E-state index contributed by atoms with van der Waals surface area (Å²) in [6.07, 6.45) is 5.23. The monoisotopic (exact) mass is 335 g/mol. The van der Waals surface area contributed by atoms with Gasteiger partial charge in [0.15, 0.2) is 6.10 Å². The molecule has 8 nitrogen and oxygen atoms in total. The normalized spacial score (nSPS) is 16.0. The van der Waals surface area contributed by atoms with Crippen molar-refractivity contribution in [1.82, 2.24) is 15.6 Å². The van der Waals surface area contributed by atoms with E-state index in [9.17, 15) is 19.2 Å². The van der Waals surface area contributed by atoms with Crippen molar-refractivity contribution >= 4 is 17.9 Å². The lowest BCUT2D eigenvalue weighted by molar-refractivity contribution is -0.127. The summed E-state index contributed by atoms with van der Waals surface area (Å²) >= 11 is 0. The van der Waals surface area contributed by atoms with Gasteiger partial charge in [-0.3, -0.25) is 14.9 Å². The van der Waals surface area contributed by atoms with Crippen molar-refractivity contribution in [3.05, 3.63) is 34.2 Å². The van der Waals surface area contributed by atoms with Crippen LogP contribution in [-0.4, -0.2) is 35.0 Å². The zero-order valence-corrected chi connectivity index (χ0v) is 13.5. The molecule has 0 unspecified atom stereocenters. The number of nitrogens with one attached hydrogen (secondary N) is 3. The Bertz CT molecular complexity index is 664. The van der Waals surface area contributed by atoms with Crippen molar-refractivity contribution in [1.29, 1.82) is 0 Å². The second-order valence-electron chi connectivity index (χ2n) is 5.76. The minimum atomic E-state index is -1.20. The fourth-order valence-corrected chi connectivity index (χ4v) is 2.54. The van der Waals surface area contributed by atoms with E-state index in [0.29, 0.717) is 0 Å². The number of ether oxygens (including phenoxy) is 1. The number of amides is 3. The summed E-state index contributed by atoms with van der Waals surface area (Å²) in [5.74, 6) is -1.67. The van der Waals surface area contributed by atoms with Crippen molar-refractivity contribution in [2.24, 2.45) is 0 Å². The summed E-state index contributed by atoms with van der Waals surface area (Å²) in [6, 6.07) is 2.22. The van der Waals surface area contributed by atoms with E-state index in [4.69, 9.17) is 4.74 Å². The van der Waals surface area contributed by atoms with Gasteiger partial charge < -0.3 is 15.0 Å². The highest BCUT2D eigenvalue weighted by Gasteiger charge is 2.23. The average Bonchev–Trinajstić information content (AvgIpc) is 2.55. The Labute approximate surface area is 139 Å². The van der Waals surface area contributed by atoms with Crippen LogP contribution < -0.4 is 16.2 Å². The number of hydrogen-bond acceptors (Lipinski definition) is 5. The van der Waals surface area contributed by atoms with Gasteiger partial charge in [0.2, 0.25) is 0 Å². The predicted molar refractivity (Wildman–Crippen MR) is 85.5 cm³/mol. The Hall–Kier alpha value is -2.64. The van der Waals surface area contributed by atoms with Gasteiger partial charge in [0.05, 0.1) is 0 Å². The molecular weight excluding hydrogens is 314 g/mol. The highest BCUT2D eigenvalue weighted by atomic mass is 16.5. The number of aromatic nitrogens is 1. The molecule has 130 valence electrons. The number of carbonyl (C=O) groups is 3. The molecule has 1 heterocycles. The molecule has 3 N–H and O–H groups in total. The van der Waals surface area contributed by atoms with Gasteiger partial charge in [-0.25, -0.2) is 9.59 Å². The van der Waals surface area contributed by atoms with E-state index in [0.717, 1.165) is 32.1 Å². The number of imide groups is 1. The molecule has 1 saturated carbocycles. The van der Waals surface area contributed by atoms with Crippen LogP contribution in [0.25, 0.3) is 0 Å². The predicted octanol–water partition coefficient (Wildman–Crippen LogP) is 1.08. The van der Waals surface area contributed by atoms with Gasteiger partial charge in [-0.15, -0.1) is 0 Å². The molecule has 24 heavy (non-hydrogen) atoms. The number of H-pyrrole nitrogens is 1. The maximum absolute atomic E-state index is 11.9. The molecule has 8 heteroatoms. The van der Waals surface area contributed by atoms with Crippen LogP contribution in [0.3, 0.4) is 0 Å². The molecular formula is C16H21N3O5. The molecule has 0 radical (unpaired) electrons. The Morgan fingerprint density at radius 2 is 1.96 bits per heavy atom. The van der Waals surface area contributed by atoms with Crippen molar-refractivity contribution in [2.45, 2.75) is 51.2 Å². The number of esters is 1. The number of aromatic amines is 1. The number of rotatable bonds is 4. The summed E-state index contributed by atoms with van der Waals surface area (Å²) in [7, 11) is 0. The fourth-order valence-electron chi connectivity index (χ4n) is 2.54. The Morgan fingerprint density at radius 3 is 2.62 bits per heavy atom. The van der Waals surface area contributed by atoms with Gasteiger partial charge >= 0.3 is 12.0 Å². The Balaban J connectivity index is 1.83. The second-order valence-corrected chi connectivity index (χ2v) is 5.76. The van der Waals surface area contributed by atoms with E-state index in [2.05, 4.69) is 15.6 Å². The first-order valence-electron chi connectivity index (χ1n) is 7.97. The number of pyridine rings is 1. The zero-order chi connectivity index (χ0) is 17.5. The third kappa shape index (κ3) is 4.94. The summed E-state index contributed by atoms with van der Waals surface area (Å²) in [5.41, 5.74) is -0.811. The van der Waals surface area contributed by atoms with Gasteiger partial charge in [0, 0.05) is 12.2 Å². The van der Waals surface area contributed by atoms with Gasteiger partial charge in [-0.1, -0.05) is 19.3 Å². The molecule has 0 saturated heterocycles. The van der Waals surface area contributed by atoms with Crippen LogP contribution in [0.15, 0.2) is 23.1 Å². The summed E-state index contributed by atoms with van der Waals surface area (Å²) in [6.45, 7) is 1.33. The first kappa shape index (κ1) is 17.7. The lowest BCUT2D eigenvalue weighted by Gasteiger charge is -2.23. The van der Waals surface area contributed by atoms with E-state index in [1.54, 1.807) is 0 Å². The zero-order valence-electron chi connectivity index (χ0n) is 13.5. The highest BCUT2D eigenvalue weighted by Crippen LogP contribution is 2.17. The Kier molecular flexibility index (Phi) is 6.11. The quantitative estimate of drug-likeness (QED) is 0.712. The molecule has 1 aliphatic carbocycles. The van der Waals surface area contributed by atoms with Gasteiger partial charge in [-0.2, -0.15) is 0 Å². The maximum atomic E-state index is 11.9. The average molecular weight is 335 g/mol. The van der Waals surface area contributed by atoms with Crippen molar-refractivity contribution < 1.29 is 19.1 Å². The summed E-state index contributed by atoms with van der Waals surface area (Å²) in [5, 5.41) is 4.88. The molecule has 1 aromatic rings. The van der Waals surface area contributed by atoms with Crippen LogP contribution in [0.2, 0.25) is 0 Å². The van der Waals surface area contributed by atoms with Gasteiger partial charge in [-0.05, 0) is 31.9 Å². The standard InChI is InChI=1S/C16H21N3O5/c1-10(24-15(22)12-8-5-9-17-14(12)21)13(20)19-16(23)18-11-6-3-2-4-7-11/h5,8-11H,2-4,6-7H2,1H3,(H,17,21)(H2,18,19,20,23)/t10-/m1/s1. The van der Waals surface area contributed by atoms with E-state index in [1.807, 2.05) is 0 Å². The van der Waals surface area contributed by atoms with Crippen molar-refractivity contribution in [3.63, 3.8) is 0 Å². The smallest absolute Gasteiger partial charge is 0.344 e. The fraction of sp³-hybridized carbons (Fsp3) is 0.500. The number of hydrogen-bond donors (Lipinski definition) is 3.